The molecule has 0 aromatic carbocycles. The lowest BCUT2D eigenvalue weighted by atomic mass is 15.9. The average molecular weight is 210 g/mol. The Balaban J connectivity index is 3.32. The first-order chi connectivity index (χ1) is 3.13. The van der Waals surface area contributed by atoms with Gasteiger partial charge in [-0.15, -0.1) is 24.5 Å². The van der Waals surface area contributed by atoms with Crippen molar-refractivity contribution in [3.63, 3.8) is 0 Å². The van der Waals surface area contributed by atoms with E-state index in [2.05, 4.69) is 48.1 Å². The Hall–Kier alpha value is 1.96. The monoisotopic (exact) mass is 210 g/mol. The Bertz CT molecular complexity index is 85.9. The summed E-state index contributed by atoms with van der Waals surface area (Å²) in [6, 6.07) is 0. The zero-order valence-electron chi connectivity index (χ0n) is 3.12. The van der Waals surface area contributed by atoms with Gasteiger partial charge in [-0.25, -0.2) is 0 Å². The second-order valence-corrected chi connectivity index (χ2v) is 8.99. The van der Waals surface area contributed by atoms with Gasteiger partial charge in [-0.3, -0.25) is 0 Å². The van der Waals surface area contributed by atoms with Crippen LogP contribution in [0.25, 0.3) is 0 Å². The molecule has 0 spiro atoms. The predicted molar refractivity (Wildman–Crippen MR) is 50.4 cm³/mol. The van der Waals surface area contributed by atoms with Crippen LogP contribution in [0.5, 0.6) is 0 Å². The normalized spacial score (nSPS) is 18.6. The molecule has 7 heteroatoms. The molecule has 44 valence electrons. The highest BCUT2D eigenvalue weighted by Crippen LogP contribution is 2.43. The lowest BCUT2D eigenvalue weighted by molar-refractivity contribution is 0.749. The van der Waals surface area contributed by atoms with Crippen molar-refractivity contribution in [1.82, 2.24) is 0 Å². The van der Waals surface area contributed by atoms with Gasteiger partial charge in [-0.1, -0.05) is 23.6 Å². The largest absolute Gasteiger partial charge is 0.306 e. The summed E-state index contributed by atoms with van der Waals surface area (Å²) in [5.74, 6) is 0. The Labute approximate surface area is 64.5 Å². The fourth-order valence-electron chi connectivity index (χ4n) is 0.0747. The molecular weight excluding hydrogens is 206 g/mol. The molecule has 0 aromatic rings. The van der Waals surface area contributed by atoms with E-state index < -0.39 is 12.3 Å². The fourth-order valence-corrected chi connectivity index (χ4v) is 6.05. The van der Waals surface area contributed by atoms with E-state index >= 15 is 0 Å². The lowest BCUT2D eigenvalue weighted by Gasteiger charge is -1.93. The summed E-state index contributed by atoms with van der Waals surface area (Å²) in [6.07, 6.45) is -2.58. The topological polar surface area (TPSA) is 9.23 Å². The molecule has 0 saturated heterocycles. The molecule has 2 unspecified atom stereocenters. The third-order valence-corrected chi connectivity index (χ3v) is 4.71. The van der Waals surface area contributed by atoms with Crippen LogP contribution in [0.3, 0.4) is 0 Å². The second kappa shape index (κ2) is 4.80. The third kappa shape index (κ3) is 7.96. The molecule has 0 heterocycles. The quantitative estimate of drug-likeness (QED) is 0.532. The summed E-state index contributed by atoms with van der Waals surface area (Å²) in [5.41, 5.74) is 0. The Morgan fingerprint density at radius 2 is 1.43 bits per heavy atom. The molecule has 0 radical (unpaired) electrons. The summed E-state index contributed by atoms with van der Waals surface area (Å²) >= 11 is 16.9. The molecule has 0 bridgehead atoms. The first kappa shape index (κ1) is 8.96. The van der Waals surface area contributed by atoms with Crippen LogP contribution in [0.15, 0.2) is 0 Å². The molecule has 0 aliphatic carbocycles. The van der Waals surface area contributed by atoms with Crippen LogP contribution < -0.4 is 0 Å². The van der Waals surface area contributed by atoms with Crippen molar-refractivity contribution < 1.29 is 4.31 Å². The van der Waals surface area contributed by atoms with Gasteiger partial charge in [0.2, 0.25) is 0 Å². The summed E-state index contributed by atoms with van der Waals surface area (Å²) in [6.45, 7) is 0. The van der Waals surface area contributed by atoms with Crippen LogP contribution >= 0.6 is 36.7 Å². The maximum absolute atomic E-state index is 4.81. The molecule has 1 nitrogen and oxygen atoms in total. The van der Waals surface area contributed by atoms with Gasteiger partial charge in [0.1, 0.15) is 12.3 Å². The number of rotatable bonds is 2. The number of hydrogen-bond acceptors (Lipinski definition) is 3. The van der Waals surface area contributed by atoms with Crippen molar-refractivity contribution in [1.29, 1.82) is 0 Å². The summed E-state index contributed by atoms with van der Waals surface area (Å²) in [5, 5.41) is 0. The maximum atomic E-state index is 4.81. The van der Waals surface area contributed by atoms with Crippen molar-refractivity contribution >= 4 is 60.4 Å². The van der Waals surface area contributed by atoms with Gasteiger partial charge in [-0.05, 0) is 0 Å². The Morgan fingerprint density at radius 3 is 1.43 bits per heavy atom. The van der Waals surface area contributed by atoms with Gasteiger partial charge in [0.05, 0.1) is 0 Å². The van der Waals surface area contributed by atoms with Gasteiger partial charge in [0.25, 0.3) is 0 Å². The van der Waals surface area contributed by atoms with Crippen LogP contribution in [0, 0.1) is 0 Å². The summed E-state index contributed by atoms with van der Waals surface area (Å²) < 4.78 is 4.81. The summed E-state index contributed by atoms with van der Waals surface area (Å²) in [4.78, 5) is 0. The molecule has 0 aromatic heterocycles. The molecule has 0 aliphatic rings. The van der Waals surface area contributed by atoms with E-state index in [0.29, 0.717) is 0 Å². The number of thiol groups is 2. The van der Waals surface area contributed by atoms with Crippen molar-refractivity contribution in [2.24, 2.45) is 0 Å². The Morgan fingerprint density at radius 1 is 1.14 bits per heavy atom. The number of hydrogen-bond donors (Lipinski definition) is 2. The minimum absolute atomic E-state index is 1.29. The first-order valence-electron chi connectivity index (χ1n) is 1.26. The fraction of sp³-hybridized carbons (Fsp3) is 0. The second-order valence-electron chi connectivity index (χ2n) is 0.634. The van der Waals surface area contributed by atoms with Crippen molar-refractivity contribution in [3.8, 4) is 0 Å². The molecule has 0 saturated carbocycles. The zero-order valence-corrected chi connectivity index (χ0v) is 8.54. The minimum Gasteiger partial charge on any atom is -0.306 e. The first-order valence-corrected chi connectivity index (χ1v) is 8.92. The van der Waals surface area contributed by atoms with E-state index in [1.54, 1.807) is 0 Å². The molecular formula is H4OP2S4. The van der Waals surface area contributed by atoms with E-state index in [9.17, 15) is 0 Å². The van der Waals surface area contributed by atoms with Gasteiger partial charge >= 0.3 is 0 Å². The van der Waals surface area contributed by atoms with E-state index in [4.69, 9.17) is 4.31 Å². The molecule has 0 rings (SSSR count). The van der Waals surface area contributed by atoms with Gasteiger partial charge in [-0.2, -0.15) is 0 Å². The standard InChI is InChI=1S/H4OP2S4/c4-2(5)1-3(6)7/h2-3H,(H,4,5)(H,6,7). The highest BCUT2D eigenvalue weighted by atomic mass is 32.9. The molecule has 0 N–H and O–H groups in total. The zero-order chi connectivity index (χ0) is 5.86. The van der Waals surface area contributed by atoms with Crippen LogP contribution in [0.4, 0.5) is 0 Å². The Kier molecular flexibility index (Phi) is 6.15. The van der Waals surface area contributed by atoms with E-state index in [-0.39, 0.29) is 0 Å². The van der Waals surface area contributed by atoms with Crippen LogP contribution in [0.2, 0.25) is 0 Å². The highest BCUT2D eigenvalue weighted by molar-refractivity contribution is 8.60. The molecule has 7 heavy (non-hydrogen) atoms. The smallest absolute Gasteiger partial charge is 0.110 e. The summed E-state index contributed by atoms with van der Waals surface area (Å²) in [7, 11) is 0. The van der Waals surface area contributed by atoms with E-state index in [1.165, 1.54) is 0 Å². The predicted octanol–water partition coefficient (Wildman–Crippen LogP) is 1.87. The third-order valence-electron chi connectivity index (χ3n) is 0.175. The van der Waals surface area contributed by atoms with Crippen LogP contribution in [0.1, 0.15) is 0 Å². The highest BCUT2D eigenvalue weighted by Gasteiger charge is 1.83. The molecule has 0 fully saturated rings. The average Bonchev–Trinajstić information content (AvgIpc) is 1.27. The van der Waals surface area contributed by atoms with Gasteiger partial charge in [0.15, 0.2) is 0 Å². The van der Waals surface area contributed by atoms with E-state index in [0.717, 1.165) is 0 Å². The van der Waals surface area contributed by atoms with Crippen molar-refractivity contribution in [3.05, 3.63) is 0 Å². The molecule has 0 amide bonds. The van der Waals surface area contributed by atoms with Crippen molar-refractivity contribution in [2.45, 2.75) is 0 Å². The lowest BCUT2D eigenvalue weighted by Crippen LogP contribution is -1.43. The van der Waals surface area contributed by atoms with Gasteiger partial charge in [0, 0.05) is 0 Å². The maximum Gasteiger partial charge on any atom is 0.110 e. The van der Waals surface area contributed by atoms with Crippen LogP contribution in [-0.2, 0) is 27.9 Å². The van der Waals surface area contributed by atoms with Gasteiger partial charge < -0.3 is 4.31 Å². The SMILES string of the molecule is S=[PH](S)O[PH](=S)S. The van der Waals surface area contributed by atoms with Crippen LogP contribution in [-0.4, -0.2) is 0 Å². The minimum atomic E-state index is -1.29. The molecule has 2 atom stereocenters. The van der Waals surface area contributed by atoms with Crippen molar-refractivity contribution in [2.75, 3.05) is 0 Å². The molecule has 0 aliphatic heterocycles. The van der Waals surface area contributed by atoms with E-state index in [1.807, 2.05) is 0 Å².